The van der Waals surface area contributed by atoms with Crippen LogP contribution in [0.2, 0.25) is 5.02 Å². The maximum Gasteiger partial charge on any atom is 0.357 e. The van der Waals surface area contributed by atoms with Crippen LogP contribution in [0.3, 0.4) is 0 Å². The van der Waals surface area contributed by atoms with E-state index in [1.54, 1.807) is 5.38 Å². The topological polar surface area (TPSA) is 39.2 Å². The summed E-state index contributed by atoms with van der Waals surface area (Å²) in [5.41, 5.74) is 0.335. The third-order valence-electron chi connectivity index (χ3n) is 1.68. The number of carbonyl (C=O) groups is 1. The minimum atomic E-state index is -0.417. The van der Waals surface area contributed by atoms with Gasteiger partial charge in [-0.3, -0.25) is 0 Å². The molecule has 6 heteroatoms. The molecule has 0 saturated carbocycles. The van der Waals surface area contributed by atoms with Crippen molar-refractivity contribution in [2.24, 2.45) is 0 Å². The Morgan fingerprint density at radius 3 is 2.87 bits per heavy atom. The number of esters is 1. The van der Waals surface area contributed by atoms with Crippen LogP contribution >= 0.6 is 34.3 Å². The van der Waals surface area contributed by atoms with Gasteiger partial charge in [0.25, 0.3) is 0 Å². The van der Waals surface area contributed by atoms with Crippen molar-refractivity contribution >= 4 is 40.2 Å². The summed E-state index contributed by atoms with van der Waals surface area (Å²) in [5, 5.41) is 4.97. The lowest BCUT2D eigenvalue weighted by Crippen LogP contribution is -2.00. The van der Waals surface area contributed by atoms with Gasteiger partial charge in [-0.25, -0.2) is 9.78 Å². The number of hydrogen-bond donors (Lipinski definition) is 0. The van der Waals surface area contributed by atoms with Crippen LogP contribution in [0, 0.1) is 0 Å². The summed E-state index contributed by atoms with van der Waals surface area (Å²) in [4.78, 5) is 16.3. The molecule has 0 aliphatic rings. The summed E-state index contributed by atoms with van der Waals surface area (Å²) < 4.78 is 4.57. The van der Waals surface area contributed by atoms with Gasteiger partial charge in [0, 0.05) is 10.8 Å². The van der Waals surface area contributed by atoms with Crippen molar-refractivity contribution in [2.75, 3.05) is 7.11 Å². The van der Waals surface area contributed by atoms with Gasteiger partial charge in [-0.15, -0.1) is 22.7 Å². The smallest absolute Gasteiger partial charge is 0.357 e. The lowest BCUT2D eigenvalue weighted by atomic mass is 10.4. The number of thiophene rings is 1. The van der Waals surface area contributed by atoms with Crippen LogP contribution in [0.4, 0.5) is 0 Å². The SMILES string of the molecule is COC(=O)c1csc(-c2cc(Cl)cs2)n1. The summed E-state index contributed by atoms with van der Waals surface area (Å²) in [5.74, 6) is -0.417. The summed E-state index contributed by atoms with van der Waals surface area (Å²) in [6.45, 7) is 0. The van der Waals surface area contributed by atoms with Gasteiger partial charge in [-0.05, 0) is 6.07 Å². The molecule has 0 spiro atoms. The number of methoxy groups -OCH3 is 1. The molecule has 0 bridgehead atoms. The Kier molecular flexibility index (Phi) is 3.04. The van der Waals surface area contributed by atoms with Crippen molar-refractivity contribution in [1.29, 1.82) is 0 Å². The first-order valence-electron chi connectivity index (χ1n) is 3.99. The molecule has 0 saturated heterocycles. The van der Waals surface area contributed by atoms with E-state index in [-0.39, 0.29) is 0 Å². The molecule has 2 heterocycles. The standard InChI is InChI=1S/C9H6ClNO2S2/c1-13-9(12)6-4-15-8(11-6)7-2-5(10)3-14-7/h2-4H,1H3. The number of hydrogen-bond acceptors (Lipinski definition) is 5. The highest BCUT2D eigenvalue weighted by Gasteiger charge is 2.12. The first-order valence-corrected chi connectivity index (χ1v) is 6.12. The van der Waals surface area contributed by atoms with Crippen LogP contribution in [0.1, 0.15) is 10.5 Å². The molecule has 0 aliphatic carbocycles. The molecule has 0 amide bonds. The van der Waals surface area contributed by atoms with Crippen LogP contribution in [0.15, 0.2) is 16.8 Å². The van der Waals surface area contributed by atoms with Crippen molar-refractivity contribution in [3.63, 3.8) is 0 Å². The molecule has 2 aromatic rings. The number of ether oxygens (including phenoxy) is 1. The zero-order valence-electron chi connectivity index (χ0n) is 7.69. The average Bonchev–Trinajstić information content (AvgIpc) is 2.84. The summed E-state index contributed by atoms with van der Waals surface area (Å²) in [6.07, 6.45) is 0. The number of rotatable bonds is 2. The number of halogens is 1. The van der Waals surface area contributed by atoms with Gasteiger partial charge in [0.2, 0.25) is 0 Å². The molecule has 0 aromatic carbocycles. The Bertz CT molecular complexity index is 492. The average molecular weight is 260 g/mol. The monoisotopic (exact) mass is 259 g/mol. The zero-order valence-corrected chi connectivity index (χ0v) is 10.1. The summed E-state index contributed by atoms with van der Waals surface area (Å²) >= 11 is 8.70. The van der Waals surface area contributed by atoms with Crippen LogP contribution in [0.25, 0.3) is 9.88 Å². The molecular weight excluding hydrogens is 254 g/mol. The first-order chi connectivity index (χ1) is 7.20. The van der Waals surface area contributed by atoms with Crippen LogP contribution in [-0.2, 0) is 4.74 Å². The minimum absolute atomic E-state index is 0.335. The molecular formula is C9H6ClNO2S2. The van der Waals surface area contributed by atoms with Gasteiger partial charge in [-0.1, -0.05) is 11.6 Å². The molecule has 0 aliphatic heterocycles. The lowest BCUT2D eigenvalue weighted by molar-refractivity contribution is 0.0595. The normalized spacial score (nSPS) is 10.3. The van der Waals surface area contributed by atoms with Gasteiger partial charge in [0.15, 0.2) is 5.69 Å². The van der Waals surface area contributed by atoms with E-state index in [2.05, 4.69) is 9.72 Å². The Labute approximate surface area is 99.3 Å². The van der Waals surface area contributed by atoms with E-state index in [0.717, 1.165) is 9.88 Å². The zero-order chi connectivity index (χ0) is 10.8. The molecule has 0 N–H and O–H groups in total. The second kappa shape index (κ2) is 4.30. The van der Waals surface area contributed by atoms with Crippen molar-refractivity contribution < 1.29 is 9.53 Å². The molecule has 2 aromatic heterocycles. The molecule has 15 heavy (non-hydrogen) atoms. The van der Waals surface area contributed by atoms with Gasteiger partial charge in [0.05, 0.1) is 17.0 Å². The van der Waals surface area contributed by atoms with E-state index in [9.17, 15) is 4.79 Å². The Hall–Kier alpha value is -0.910. The van der Waals surface area contributed by atoms with Gasteiger partial charge in [0.1, 0.15) is 5.01 Å². The van der Waals surface area contributed by atoms with Crippen LogP contribution < -0.4 is 0 Å². The van der Waals surface area contributed by atoms with Gasteiger partial charge in [-0.2, -0.15) is 0 Å². The molecule has 2 rings (SSSR count). The number of nitrogens with zero attached hydrogens (tertiary/aromatic N) is 1. The van der Waals surface area contributed by atoms with Gasteiger partial charge >= 0.3 is 5.97 Å². The highest BCUT2D eigenvalue weighted by Crippen LogP contribution is 2.31. The van der Waals surface area contributed by atoms with Crippen molar-refractivity contribution in [2.45, 2.75) is 0 Å². The van der Waals surface area contributed by atoms with E-state index in [1.807, 2.05) is 11.4 Å². The van der Waals surface area contributed by atoms with Crippen molar-refractivity contribution in [3.8, 4) is 9.88 Å². The quantitative estimate of drug-likeness (QED) is 0.777. The highest BCUT2D eigenvalue weighted by molar-refractivity contribution is 7.20. The van der Waals surface area contributed by atoms with Crippen LogP contribution in [-0.4, -0.2) is 18.1 Å². The molecule has 0 unspecified atom stereocenters. The molecule has 3 nitrogen and oxygen atoms in total. The van der Waals surface area contributed by atoms with E-state index in [4.69, 9.17) is 11.6 Å². The lowest BCUT2D eigenvalue weighted by Gasteiger charge is -1.91. The maximum absolute atomic E-state index is 11.2. The fourth-order valence-electron chi connectivity index (χ4n) is 1.01. The van der Waals surface area contributed by atoms with Gasteiger partial charge < -0.3 is 4.74 Å². The fourth-order valence-corrected chi connectivity index (χ4v) is 2.95. The fraction of sp³-hybridized carbons (Fsp3) is 0.111. The van der Waals surface area contributed by atoms with Crippen LogP contribution in [0.5, 0.6) is 0 Å². The summed E-state index contributed by atoms with van der Waals surface area (Å²) in [6, 6.07) is 1.83. The number of thiazole rings is 1. The van der Waals surface area contributed by atoms with E-state index in [0.29, 0.717) is 10.7 Å². The largest absolute Gasteiger partial charge is 0.464 e. The Morgan fingerprint density at radius 2 is 2.27 bits per heavy atom. The number of aromatic nitrogens is 1. The van der Waals surface area contributed by atoms with E-state index >= 15 is 0 Å². The molecule has 0 atom stereocenters. The molecule has 0 fully saturated rings. The van der Waals surface area contributed by atoms with Crippen molar-refractivity contribution in [1.82, 2.24) is 4.98 Å². The molecule has 78 valence electrons. The Balaban J connectivity index is 2.31. The molecule has 0 radical (unpaired) electrons. The maximum atomic E-state index is 11.2. The third-order valence-corrected chi connectivity index (χ3v) is 3.97. The second-order valence-electron chi connectivity index (χ2n) is 2.66. The second-order valence-corrected chi connectivity index (χ2v) is 4.86. The Morgan fingerprint density at radius 1 is 1.47 bits per heavy atom. The predicted molar refractivity (Wildman–Crippen MR) is 61.8 cm³/mol. The number of carbonyl (C=O) groups excluding carboxylic acids is 1. The van der Waals surface area contributed by atoms with Crippen molar-refractivity contribution in [3.05, 3.63) is 27.5 Å². The highest BCUT2D eigenvalue weighted by atomic mass is 35.5. The van der Waals surface area contributed by atoms with E-state index in [1.165, 1.54) is 29.8 Å². The first kappa shape index (κ1) is 10.6. The predicted octanol–water partition coefficient (Wildman–Crippen LogP) is 3.31. The summed E-state index contributed by atoms with van der Waals surface area (Å²) in [7, 11) is 1.34. The van der Waals surface area contributed by atoms with E-state index < -0.39 is 5.97 Å². The minimum Gasteiger partial charge on any atom is -0.464 e. The third kappa shape index (κ3) is 2.19.